The van der Waals surface area contributed by atoms with E-state index in [2.05, 4.69) is 4.74 Å². The number of halogens is 3. The number of imide groups is 1. The number of amides is 2. The predicted octanol–water partition coefficient (Wildman–Crippen LogP) is 3.30. The first kappa shape index (κ1) is 18.1. The summed E-state index contributed by atoms with van der Waals surface area (Å²) in [6, 6.07) is 4.16. The number of nitrogens with zero attached hydrogens (tertiary/aromatic N) is 1. The summed E-state index contributed by atoms with van der Waals surface area (Å²) in [7, 11) is 0. The van der Waals surface area contributed by atoms with Gasteiger partial charge in [0.05, 0.1) is 17.1 Å². The van der Waals surface area contributed by atoms with Gasteiger partial charge in [0.1, 0.15) is 6.54 Å². The van der Waals surface area contributed by atoms with E-state index in [0.717, 1.165) is 17.0 Å². The number of hydrogen-bond acceptors (Lipinski definition) is 5. The van der Waals surface area contributed by atoms with Crippen molar-refractivity contribution in [1.29, 1.82) is 0 Å². The molecule has 1 heterocycles. The van der Waals surface area contributed by atoms with Crippen molar-refractivity contribution in [3.63, 3.8) is 0 Å². The van der Waals surface area contributed by atoms with Crippen molar-refractivity contribution < 1.29 is 32.3 Å². The van der Waals surface area contributed by atoms with Gasteiger partial charge in [0.25, 0.3) is 11.1 Å². The zero-order valence-corrected chi connectivity index (χ0v) is 13.2. The van der Waals surface area contributed by atoms with Gasteiger partial charge in [-0.15, -0.1) is 0 Å². The van der Waals surface area contributed by atoms with Gasteiger partial charge < -0.3 is 4.74 Å². The molecule has 0 saturated carbocycles. The molecule has 1 aliphatic rings. The molecule has 128 valence electrons. The maximum atomic E-state index is 12.5. The van der Waals surface area contributed by atoms with Gasteiger partial charge in [0, 0.05) is 0 Å². The first-order chi connectivity index (χ1) is 11.2. The molecule has 0 spiro atoms. The van der Waals surface area contributed by atoms with E-state index in [9.17, 15) is 27.6 Å². The van der Waals surface area contributed by atoms with Crippen LogP contribution in [0.3, 0.4) is 0 Å². The number of carbonyl (C=O) groups excluding carboxylic acids is 3. The van der Waals surface area contributed by atoms with E-state index < -0.39 is 35.4 Å². The predicted molar refractivity (Wildman–Crippen MR) is 80.8 cm³/mol. The van der Waals surface area contributed by atoms with Crippen LogP contribution in [0.1, 0.15) is 18.1 Å². The van der Waals surface area contributed by atoms with E-state index in [1.54, 1.807) is 6.92 Å². The van der Waals surface area contributed by atoms with E-state index in [4.69, 9.17) is 0 Å². The fraction of sp³-hybridized carbons (Fsp3) is 0.267. The highest BCUT2D eigenvalue weighted by Gasteiger charge is 2.36. The van der Waals surface area contributed by atoms with Crippen molar-refractivity contribution in [2.75, 3.05) is 13.2 Å². The normalized spacial score (nSPS) is 16.8. The zero-order valence-electron chi connectivity index (χ0n) is 12.4. The van der Waals surface area contributed by atoms with Gasteiger partial charge >= 0.3 is 12.1 Å². The van der Waals surface area contributed by atoms with Crippen LogP contribution < -0.4 is 0 Å². The van der Waals surface area contributed by atoms with Crippen LogP contribution in [-0.4, -0.2) is 35.2 Å². The van der Waals surface area contributed by atoms with Gasteiger partial charge in [-0.1, -0.05) is 12.1 Å². The summed E-state index contributed by atoms with van der Waals surface area (Å²) in [5.41, 5.74) is -0.472. The number of rotatable bonds is 4. The van der Waals surface area contributed by atoms with Gasteiger partial charge in [-0.3, -0.25) is 19.3 Å². The minimum atomic E-state index is -4.45. The van der Waals surface area contributed by atoms with Gasteiger partial charge in [0.15, 0.2) is 0 Å². The Labute approximate surface area is 139 Å². The van der Waals surface area contributed by atoms with Crippen molar-refractivity contribution in [2.45, 2.75) is 13.1 Å². The second-order valence-electron chi connectivity index (χ2n) is 4.69. The second-order valence-corrected chi connectivity index (χ2v) is 5.69. The maximum absolute atomic E-state index is 12.5. The average Bonchev–Trinajstić information content (AvgIpc) is 2.75. The van der Waals surface area contributed by atoms with Gasteiger partial charge in [0.2, 0.25) is 0 Å². The Morgan fingerprint density at radius 3 is 2.42 bits per heavy atom. The number of esters is 1. The third-order valence-corrected chi connectivity index (χ3v) is 3.91. The van der Waals surface area contributed by atoms with E-state index in [1.807, 2.05) is 0 Å². The van der Waals surface area contributed by atoms with Gasteiger partial charge in [-0.25, -0.2) is 0 Å². The Bertz CT molecular complexity index is 698. The molecule has 0 unspecified atom stereocenters. The number of thioether (sulfide) groups is 1. The topological polar surface area (TPSA) is 63.7 Å². The summed E-state index contributed by atoms with van der Waals surface area (Å²) in [4.78, 5) is 36.0. The van der Waals surface area contributed by atoms with Crippen molar-refractivity contribution in [1.82, 2.24) is 4.90 Å². The van der Waals surface area contributed by atoms with Crippen LogP contribution in [-0.2, 0) is 20.5 Å². The molecular formula is C15H12F3NO4S. The Morgan fingerprint density at radius 2 is 1.88 bits per heavy atom. The minimum absolute atomic E-state index is 0.0315. The molecule has 5 nitrogen and oxygen atoms in total. The third-order valence-electron chi connectivity index (χ3n) is 3.00. The van der Waals surface area contributed by atoms with E-state index in [0.29, 0.717) is 17.3 Å². The molecule has 2 amide bonds. The standard InChI is InChI=1S/C15H12F3NO4S/c1-2-23-12(20)8-19-13(21)11(24-14(19)22)7-9-3-5-10(6-4-9)15(16,17)18/h3-7H,2,8H2,1H3/b11-7+. The fourth-order valence-electron chi connectivity index (χ4n) is 1.89. The van der Waals surface area contributed by atoms with Crippen LogP contribution in [0.25, 0.3) is 6.08 Å². The monoisotopic (exact) mass is 359 g/mol. The SMILES string of the molecule is CCOC(=O)CN1C(=O)S/C(=C/c2ccc(C(F)(F)F)cc2)C1=O. The van der Waals surface area contributed by atoms with Crippen LogP contribution in [0.2, 0.25) is 0 Å². The zero-order chi connectivity index (χ0) is 17.9. The molecule has 0 radical (unpaired) electrons. The maximum Gasteiger partial charge on any atom is 0.416 e. The van der Waals surface area contributed by atoms with E-state index in [-0.39, 0.29) is 11.5 Å². The number of benzene rings is 1. The molecule has 0 atom stereocenters. The molecule has 1 aromatic carbocycles. The van der Waals surface area contributed by atoms with Crippen LogP contribution in [0, 0.1) is 0 Å². The van der Waals surface area contributed by atoms with Crippen molar-refractivity contribution in [3.05, 3.63) is 40.3 Å². The molecule has 1 saturated heterocycles. The summed E-state index contributed by atoms with van der Waals surface area (Å²) >= 11 is 0.615. The van der Waals surface area contributed by atoms with Crippen LogP contribution in [0.5, 0.6) is 0 Å². The lowest BCUT2D eigenvalue weighted by Crippen LogP contribution is -2.34. The molecule has 1 aliphatic heterocycles. The summed E-state index contributed by atoms with van der Waals surface area (Å²) in [5.74, 6) is -1.39. The average molecular weight is 359 g/mol. The van der Waals surface area contributed by atoms with E-state index in [1.165, 1.54) is 18.2 Å². The summed E-state index contributed by atoms with van der Waals surface area (Å²) in [6.45, 7) is 1.22. The molecule has 1 aromatic rings. The Morgan fingerprint density at radius 1 is 1.25 bits per heavy atom. The quantitative estimate of drug-likeness (QED) is 0.610. The van der Waals surface area contributed by atoms with Crippen LogP contribution >= 0.6 is 11.8 Å². The highest BCUT2D eigenvalue weighted by Crippen LogP contribution is 2.33. The molecule has 0 aromatic heterocycles. The lowest BCUT2D eigenvalue weighted by Gasteiger charge is -2.10. The van der Waals surface area contributed by atoms with Crippen LogP contribution in [0.15, 0.2) is 29.2 Å². The number of alkyl halides is 3. The van der Waals surface area contributed by atoms with E-state index >= 15 is 0 Å². The Kier molecular flexibility index (Phi) is 5.33. The molecular weight excluding hydrogens is 347 g/mol. The fourth-order valence-corrected chi connectivity index (χ4v) is 2.73. The van der Waals surface area contributed by atoms with Crippen molar-refractivity contribution in [2.24, 2.45) is 0 Å². The lowest BCUT2D eigenvalue weighted by atomic mass is 10.1. The molecule has 0 N–H and O–H groups in total. The summed E-state index contributed by atoms with van der Waals surface area (Å²) in [5, 5.41) is -0.633. The first-order valence-electron chi connectivity index (χ1n) is 6.80. The summed E-state index contributed by atoms with van der Waals surface area (Å²) in [6.07, 6.45) is -3.15. The number of hydrogen-bond donors (Lipinski definition) is 0. The molecule has 9 heteroatoms. The minimum Gasteiger partial charge on any atom is -0.465 e. The smallest absolute Gasteiger partial charge is 0.416 e. The van der Waals surface area contributed by atoms with Crippen molar-refractivity contribution >= 4 is 35.0 Å². The third kappa shape index (κ3) is 4.16. The molecule has 0 bridgehead atoms. The lowest BCUT2D eigenvalue weighted by molar-refractivity contribution is -0.146. The van der Waals surface area contributed by atoms with Crippen molar-refractivity contribution in [3.8, 4) is 0 Å². The first-order valence-corrected chi connectivity index (χ1v) is 7.62. The Balaban J connectivity index is 2.15. The molecule has 2 rings (SSSR count). The molecule has 1 fully saturated rings. The van der Waals surface area contributed by atoms with Gasteiger partial charge in [-0.05, 0) is 42.5 Å². The summed E-state index contributed by atoms with van der Waals surface area (Å²) < 4.78 is 42.2. The molecule has 24 heavy (non-hydrogen) atoms. The van der Waals surface area contributed by atoms with Gasteiger partial charge in [-0.2, -0.15) is 13.2 Å². The molecule has 0 aliphatic carbocycles. The highest BCUT2D eigenvalue weighted by molar-refractivity contribution is 8.18. The second kappa shape index (κ2) is 7.08. The largest absolute Gasteiger partial charge is 0.465 e. The van der Waals surface area contributed by atoms with Crippen LogP contribution in [0.4, 0.5) is 18.0 Å². The highest BCUT2D eigenvalue weighted by atomic mass is 32.2. The number of carbonyl (C=O) groups is 3. The number of ether oxygens (including phenoxy) is 1. The Hall–Kier alpha value is -2.29.